The number of nitrogens with zero attached hydrogens (tertiary/aromatic N) is 1. The molecule has 0 bridgehead atoms. The van der Waals surface area contributed by atoms with Crippen molar-refractivity contribution in [3.8, 4) is 0 Å². The first-order chi connectivity index (χ1) is 6.83. The van der Waals surface area contributed by atoms with Gasteiger partial charge in [0.05, 0.1) is 0 Å². The van der Waals surface area contributed by atoms with E-state index in [0.29, 0.717) is 0 Å². The molecule has 1 aromatic rings. The average molecular weight is 272 g/mol. The lowest BCUT2D eigenvalue weighted by molar-refractivity contribution is -0.697. The average Bonchev–Trinajstić information content (AvgIpc) is 2.18. The molecular formula is C13H22BrN. The smallest absolute Gasteiger partial charge is 0.171 e. The van der Waals surface area contributed by atoms with E-state index in [9.17, 15) is 0 Å². The zero-order valence-corrected chi connectivity index (χ0v) is 11.5. The molecule has 0 amide bonds. The summed E-state index contributed by atoms with van der Waals surface area (Å²) >= 11 is 0. The molecule has 15 heavy (non-hydrogen) atoms. The number of unbranched alkanes of at least 4 members (excludes halogenated alkanes) is 4. The fourth-order valence-corrected chi connectivity index (χ4v) is 1.69. The van der Waals surface area contributed by atoms with E-state index >= 15 is 0 Å². The summed E-state index contributed by atoms with van der Waals surface area (Å²) in [4.78, 5) is 0. The van der Waals surface area contributed by atoms with Crippen molar-refractivity contribution in [2.45, 2.75) is 52.5 Å². The molecule has 1 heterocycles. The minimum Gasteiger partial charge on any atom is -1.00 e. The molecular weight excluding hydrogens is 250 g/mol. The lowest BCUT2D eigenvalue weighted by Gasteiger charge is -1.98. The zero-order chi connectivity index (χ0) is 10.2. The van der Waals surface area contributed by atoms with Crippen molar-refractivity contribution < 1.29 is 21.5 Å². The van der Waals surface area contributed by atoms with Gasteiger partial charge in [-0.25, -0.2) is 4.57 Å². The van der Waals surface area contributed by atoms with E-state index < -0.39 is 0 Å². The SMILES string of the molecule is CCCCCCC[n+]1cccc(C)c1.[Br-]. The van der Waals surface area contributed by atoms with Gasteiger partial charge in [-0.15, -0.1) is 0 Å². The summed E-state index contributed by atoms with van der Waals surface area (Å²) in [6.07, 6.45) is 11.2. The highest BCUT2D eigenvalue weighted by molar-refractivity contribution is 5.01. The Kier molecular flexibility index (Phi) is 8.68. The number of aromatic nitrogens is 1. The number of halogens is 1. The lowest BCUT2D eigenvalue weighted by Crippen LogP contribution is -3.00. The van der Waals surface area contributed by atoms with E-state index in [0.717, 1.165) is 0 Å². The minimum absolute atomic E-state index is 0. The maximum absolute atomic E-state index is 2.29. The van der Waals surface area contributed by atoms with Gasteiger partial charge < -0.3 is 17.0 Å². The van der Waals surface area contributed by atoms with E-state index in [1.54, 1.807) is 0 Å². The molecule has 0 aliphatic heterocycles. The Balaban J connectivity index is 0.00000196. The van der Waals surface area contributed by atoms with E-state index in [4.69, 9.17) is 0 Å². The van der Waals surface area contributed by atoms with Crippen molar-refractivity contribution in [3.63, 3.8) is 0 Å². The molecule has 0 fully saturated rings. The normalized spacial score (nSPS) is 9.73. The standard InChI is InChI=1S/C13H22N.BrH/c1-3-4-5-6-7-10-14-11-8-9-13(2)12-14;/h8-9,11-12H,3-7,10H2,1-2H3;1H/q+1;/p-1. The largest absolute Gasteiger partial charge is 1.00 e. The molecule has 1 rings (SSSR count). The monoisotopic (exact) mass is 271 g/mol. The van der Waals surface area contributed by atoms with Crippen LogP contribution >= 0.6 is 0 Å². The molecule has 0 N–H and O–H groups in total. The van der Waals surface area contributed by atoms with Crippen LogP contribution in [0.1, 0.15) is 44.6 Å². The molecule has 2 heteroatoms. The second-order valence-corrected chi connectivity index (χ2v) is 4.03. The third-order valence-corrected chi connectivity index (χ3v) is 2.53. The summed E-state index contributed by atoms with van der Waals surface area (Å²) in [6.45, 7) is 5.58. The maximum Gasteiger partial charge on any atom is 0.171 e. The number of rotatable bonds is 6. The van der Waals surface area contributed by atoms with Crippen LogP contribution < -0.4 is 21.5 Å². The summed E-state index contributed by atoms with van der Waals surface area (Å²) in [7, 11) is 0. The Bertz CT molecular complexity index is 260. The van der Waals surface area contributed by atoms with Crippen molar-refractivity contribution in [3.05, 3.63) is 30.1 Å². The third-order valence-electron chi connectivity index (χ3n) is 2.53. The summed E-state index contributed by atoms with van der Waals surface area (Å²) < 4.78 is 2.29. The van der Waals surface area contributed by atoms with Crippen molar-refractivity contribution in [2.24, 2.45) is 0 Å². The van der Waals surface area contributed by atoms with Gasteiger partial charge >= 0.3 is 0 Å². The summed E-state index contributed by atoms with van der Waals surface area (Å²) in [5.41, 5.74) is 1.35. The van der Waals surface area contributed by atoms with Crippen LogP contribution in [0.3, 0.4) is 0 Å². The first kappa shape index (κ1) is 14.6. The molecule has 0 unspecified atom stereocenters. The molecule has 86 valence electrons. The second kappa shape index (κ2) is 8.90. The Morgan fingerprint density at radius 3 is 2.53 bits per heavy atom. The van der Waals surface area contributed by atoms with E-state index in [1.165, 1.54) is 44.2 Å². The molecule has 1 nitrogen and oxygen atoms in total. The molecule has 0 aliphatic carbocycles. The van der Waals surface area contributed by atoms with Crippen LogP contribution in [0.5, 0.6) is 0 Å². The number of pyridine rings is 1. The second-order valence-electron chi connectivity index (χ2n) is 4.03. The van der Waals surface area contributed by atoms with Crippen molar-refractivity contribution in [2.75, 3.05) is 0 Å². The van der Waals surface area contributed by atoms with E-state index in [2.05, 4.69) is 42.9 Å². The highest BCUT2D eigenvalue weighted by atomic mass is 79.9. The Labute approximate surface area is 104 Å². The Hall–Kier alpha value is -0.370. The van der Waals surface area contributed by atoms with E-state index in [-0.39, 0.29) is 17.0 Å². The van der Waals surface area contributed by atoms with Gasteiger partial charge in [-0.1, -0.05) is 26.2 Å². The molecule has 0 aliphatic rings. The van der Waals surface area contributed by atoms with Gasteiger partial charge in [-0.3, -0.25) is 0 Å². The fraction of sp³-hybridized carbons (Fsp3) is 0.615. The molecule has 0 saturated carbocycles. The van der Waals surface area contributed by atoms with Crippen LogP contribution in [0.4, 0.5) is 0 Å². The number of hydrogen-bond acceptors (Lipinski definition) is 0. The maximum atomic E-state index is 2.29. The van der Waals surface area contributed by atoms with Crippen molar-refractivity contribution in [1.82, 2.24) is 0 Å². The van der Waals surface area contributed by atoms with Gasteiger partial charge in [0.2, 0.25) is 0 Å². The zero-order valence-electron chi connectivity index (χ0n) is 9.88. The van der Waals surface area contributed by atoms with Crippen molar-refractivity contribution in [1.29, 1.82) is 0 Å². The molecule has 1 aromatic heterocycles. The molecule has 0 saturated heterocycles. The minimum atomic E-state index is 0. The van der Waals surface area contributed by atoms with Crippen LogP contribution in [0.15, 0.2) is 24.5 Å². The van der Waals surface area contributed by atoms with E-state index in [1.807, 2.05) is 0 Å². The number of hydrogen-bond donors (Lipinski definition) is 0. The van der Waals surface area contributed by atoms with Gasteiger partial charge in [0.15, 0.2) is 12.4 Å². The fourth-order valence-electron chi connectivity index (χ4n) is 1.69. The summed E-state index contributed by atoms with van der Waals surface area (Å²) in [5, 5.41) is 0. The van der Waals surface area contributed by atoms with Crippen LogP contribution in [0.25, 0.3) is 0 Å². The van der Waals surface area contributed by atoms with Crippen molar-refractivity contribution >= 4 is 0 Å². The molecule has 0 radical (unpaired) electrons. The molecule has 0 atom stereocenters. The Morgan fingerprint density at radius 1 is 1.13 bits per heavy atom. The summed E-state index contributed by atoms with van der Waals surface area (Å²) in [5.74, 6) is 0. The highest BCUT2D eigenvalue weighted by Gasteiger charge is 1.99. The van der Waals surface area contributed by atoms with Gasteiger partial charge in [0.1, 0.15) is 6.54 Å². The van der Waals surface area contributed by atoms with Crippen LogP contribution in [0.2, 0.25) is 0 Å². The van der Waals surface area contributed by atoms with Crippen LogP contribution in [-0.2, 0) is 6.54 Å². The first-order valence-electron chi connectivity index (χ1n) is 5.78. The van der Waals surface area contributed by atoms with Crippen LogP contribution in [0, 0.1) is 6.92 Å². The van der Waals surface area contributed by atoms with Gasteiger partial charge in [0.25, 0.3) is 0 Å². The highest BCUT2D eigenvalue weighted by Crippen LogP contribution is 2.02. The summed E-state index contributed by atoms with van der Waals surface area (Å²) in [6, 6.07) is 4.27. The molecule has 0 spiro atoms. The van der Waals surface area contributed by atoms with Gasteiger partial charge in [-0.2, -0.15) is 0 Å². The first-order valence-corrected chi connectivity index (χ1v) is 5.78. The number of aryl methyl sites for hydroxylation is 2. The van der Waals surface area contributed by atoms with Crippen LogP contribution in [-0.4, -0.2) is 0 Å². The Morgan fingerprint density at radius 2 is 1.87 bits per heavy atom. The van der Waals surface area contributed by atoms with Gasteiger partial charge in [0, 0.05) is 18.1 Å². The molecule has 0 aromatic carbocycles. The van der Waals surface area contributed by atoms with Gasteiger partial charge in [-0.05, 0) is 19.4 Å². The third kappa shape index (κ3) is 6.67. The quantitative estimate of drug-likeness (QED) is 0.516. The topological polar surface area (TPSA) is 3.88 Å². The lowest BCUT2D eigenvalue weighted by atomic mass is 10.1. The predicted octanol–water partition coefficient (Wildman–Crippen LogP) is 0.257. The predicted molar refractivity (Wildman–Crippen MR) is 60.1 cm³/mol.